The number of hydrogen-bond acceptors (Lipinski definition) is 5. The van der Waals surface area contributed by atoms with Crippen LogP contribution in [0.1, 0.15) is 18.4 Å². The van der Waals surface area contributed by atoms with Gasteiger partial charge in [-0.3, -0.25) is 0 Å². The molecule has 0 saturated carbocycles. The Hall–Kier alpha value is -3.96. The van der Waals surface area contributed by atoms with Gasteiger partial charge in [-0.15, -0.1) is 0 Å². The second-order valence-corrected chi connectivity index (χ2v) is 8.34. The maximum absolute atomic E-state index is 14.5. The molecule has 0 spiro atoms. The Morgan fingerprint density at radius 2 is 1.68 bits per heavy atom. The van der Waals surface area contributed by atoms with Crippen molar-refractivity contribution in [3.63, 3.8) is 0 Å². The molecule has 1 aliphatic rings. The van der Waals surface area contributed by atoms with Gasteiger partial charge in [-0.1, -0.05) is 24.3 Å². The fraction of sp³-hybridized carbons (Fsp3) is 0.192. The predicted molar refractivity (Wildman–Crippen MR) is 124 cm³/mol. The number of benzene rings is 3. The lowest BCUT2D eigenvalue weighted by Crippen LogP contribution is -2.40. The lowest BCUT2D eigenvalue weighted by atomic mass is 9.99. The van der Waals surface area contributed by atoms with Gasteiger partial charge in [-0.05, 0) is 48.7 Å². The standard InChI is InChI=1S/C26H20F3N5/c27-21-3-1-2-19(24(21)29)15-6-7-23-20(12-15)25(16-4-5-17(14-30)22(28)13-16)33-26(32-23)34-10-8-18(31)9-11-34/h1-7,12-13,18H,8-11,31H2. The first-order valence-electron chi connectivity index (χ1n) is 10.9. The third-order valence-corrected chi connectivity index (χ3v) is 6.13. The number of fused-ring (bicyclic) bond motifs is 1. The number of nitrogens with zero attached hydrogens (tertiary/aromatic N) is 4. The topological polar surface area (TPSA) is 78.8 Å². The molecule has 8 heteroatoms. The van der Waals surface area contributed by atoms with E-state index >= 15 is 0 Å². The number of aromatic nitrogens is 2. The summed E-state index contributed by atoms with van der Waals surface area (Å²) in [7, 11) is 0. The van der Waals surface area contributed by atoms with Gasteiger partial charge in [-0.2, -0.15) is 5.26 Å². The molecule has 0 aliphatic carbocycles. The molecule has 0 unspecified atom stereocenters. The van der Waals surface area contributed by atoms with Crippen LogP contribution in [-0.4, -0.2) is 29.1 Å². The number of hydrogen-bond donors (Lipinski definition) is 1. The van der Waals surface area contributed by atoms with E-state index in [2.05, 4.69) is 0 Å². The molecule has 0 atom stereocenters. The number of nitrogens with two attached hydrogens (primary N) is 1. The predicted octanol–water partition coefficient (Wildman–Crippen LogP) is 5.18. The van der Waals surface area contributed by atoms with E-state index in [1.54, 1.807) is 24.3 Å². The van der Waals surface area contributed by atoms with Crippen LogP contribution >= 0.6 is 0 Å². The van der Waals surface area contributed by atoms with Crippen molar-refractivity contribution in [3.05, 3.63) is 77.6 Å². The van der Waals surface area contributed by atoms with Crippen molar-refractivity contribution in [3.8, 4) is 28.5 Å². The van der Waals surface area contributed by atoms with Gasteiger partial charge in [0.1, 0.15) is 11.9 Å². The summed E-state index contributed by atoms with van der Waals surface area (Å²) in [5.74, 6) is -2.06. The van der Waals surface area contributed by atoms with Gasteiger partial charge in [0.15, 0.2) is 11.6 Å². The summed E-state index contributed by atoms with van der Waals surface area (Å²) in [5, 5.41) is 9.66. The van der Waals surface area contributed by atoms with Crippen LogP contribution in [0.15, 0.2) is 54.6 Å². The highest BCUT2D eigenvalue weighted by molar-refractivity contribution is 5.96. The van der Waals surface area contributed by atoms with Crippen LogP contribution in [0.4, 0.5) is 19.1 Å². The van der Waals surface area contributed by atoms with E-state index < -0.39 is 17.5 Å². The Balaban J connectivity index is 1.71. The second kappa shape index (κ2) is 8.76. The zero-order valence-corrected chi connectivity index (χ0v) is 18.1. The quantitative estimate of drug-likeness (QED) is 0.457. The largest absolute Gasteiger partial charge is 0.341 e. The van der Waals surface area contributed by atoms with Crippen LogP contribution in [0.3, 0.4) is 0 Å². The van der Waals surface area contributed by atoms with Crippen LogP contribution in [0.5, 0.6) is 0 Å². The van der Waals surface area contributed by atoms with Crippen LogP contribution < -0.4 is 10.6 Å². The average molecular weight is 459 g/mol. The van der Waals surface area contributed by atoms with Crippen LogP contribution in [-0.2, 0) is 0 Å². The van der Waals surface area contributed by atoms with Crippen molar-refractivity contribution < 1.29 is 13.2 Å². The van der Waals surface area contributed by atoms with Crippen molar-refractivity contribution >= 4 is 16.9 Å². The number of nitriles is 1. The van der Waals surface area contributed by atoms with Gasteiger partial charge in [0.05, 0.1) is 16.8 Å². The Kier molecular flexibility index (Phi) is 5.64. The maximum atomic E-state index is 14.5. The molecule has 5 rings (SSSR count). The summed E-state index contributed by atoms with van der Waals surface area (Å²) < 4.78 is 42.8. The van der Waals surface area contributed by atoms with E-state index in [1.165, 1.54) is 24.3 Å². The summed E-state index contributed by atoms with van der Waals surface area (Å²) in [6.45, 7) is 1.39. The Bertz CT molecular complexity index is 1440. The molecule has 1 saturated heterocycles. The van der Waals surface area contributed by atoms with E-state index in [4.69, 9.17) is 21.0 Å². The molecule has 0 amide bonds. The van der Waals surface area contributed by atoms with E-state index in [1.807, 2.05) is 11.0 Å². The molecule has 0 bridgehead atoms. The van der Waals surface area contributed by atoms with E-state index in [0.29, 0.717) is 46.8 Å². The summed E-state index contributed by atoms with van der Waals surface area (Å²) in [4.78, 5) is 11.5. The monoisotopic (exact) mass is 459 g/mol. The van der Waals surface area contributed by atoms with Crippen molar-refractivity contribution in [2.24, 2.45) is 5.73 Å². The maximum Gasteiger partial charge on any atom is 0.226 e. The molecule has 2 N–H and O–H groups in total. The zero-order chi connectivity index (χ0) is 23.8. The third-order valence-electron chi connectivity index (χ3n) is 6.13. The molecule has 170 valence electrons. The van der Waals surface area contributed by atoms with Crippen molar-refractivity contribution in [2.75, 3.05) is 18.0 Å². The SMILES string of the molecule is N#Cc1ccc(-c2nc(N3CCC(N)CC3)nc3ccc(-c4cccc(F)c4F)cc23)cc1F. The highest BCUT2D eigenvalue weighted by atomic mass is 19.2. The average Bonchev–Trinajstić information content (AvgIpc) is 2.85. The van der Waals surface area contributed by atoms with Gasteiger partial charge in [0.25, 0.3) is 0 Å². The summed E-state index contributed by atoms with van der Waals surface area (Å²) >= 11 is 0. The lowest BCUT2D eigenvalue weighted by Gasteiger charge is -2.30. The van der Waals surface area contributed by atoms with Gasteiger partial charge < -0.3 is 10.6 Å². The Morgan fingerprint density at radius 3 is 2.41 bits per heavy atom. The lowest BCUT2D eigenvalue weighted by molar-refractivity contribution is 0.496. The minimum atomic E-state index is -0.949. The first-order chi connectivity index (χ1) is 16.4. The van der Waals surface area contributed by atoms with Crippen molar-refractivity contribution in [1.29, 1.82) is 5.26 Å². The highest BCUT2D eigenvalue weighted by Gasteiger charge is 2.21. The molecule has 3 aromatic carbocycles. The minimum absolute atomic E-state index is 0.0742. The minimum Gasteiger partial charge on any atom is -0.341 e. The van der Waals surface area contributed by atoms with E-state index in [-0.39, 0.29) is 17.2 Å². The molecular formula is C26H20F3N5. The van der Waals surface area contributed by atoms with Crippen molar-refractivity contribution in [1.82, 2.24) is 9.97 Å². The Labute approximate surface area is 194 Å². The summed E-state index contributed by atoms with van der Waals surface area (Å²) in [5.41, 5.74) is 7.99. The summed E-state index contributed by atoms with van der Waals surface area (Å²) in [6, 6.07) is 15.3. The van der Waals surface area contributed by atoms with E-state index in [0.717, 1.165) is 18.9 Å². The highest BCUT2D eigenvalue weighted by Crippen LogP contribution is 2.34. The smallest absolute Gasteiger partial charge is 0.226 e. The second-order valence-electron chi connectivity index (χ2n) is 8.34. The van der Waals surface area contributed by atoms with Crippen LogP contribution in [0, 0.1) is 28.8 Å². The molecule has 1 aromatic heterocycles. The molecule has 5 nitrogen and oxygen atoms in total. The molecule has 0 radical (unpaired) electrons. The molecule has 34 heavy (non-hydrogen) atoms. The fourth-order valence-corrected chi connectivity index (χ4v) is 4.22. The van der Waals surface area contributed by atoms with Gasteiger partial charge >= 0.3 is 0 Å². The zero-order valence-electron chi connectivity index (χ0n) is 18.1. The Morgan fingerprint density at radius 1 is 0.912 bits per heavy atom. The molecule has 4 aromatic rings. The molecule has 2 heterocycles. The van der Waals surface area contributed by atoms with Gasteiger partial charge in [0, 0.05) is 35.6 Å². The number of halogens is 3. The number of piperidine rings is 1. The van der Waals surface area contributed by atoms with Gasteiger partial charge in [-0.25, -0.2) is 23.1 Å². The fourth-order valence-electron chi connectivity index (χ4n) is 4.22. The number of anilines is 1. The van der Waals surface area contributed by atoms with Crippen molar-refractivity contribution in [2.45, 2.75) is 18.9 Å². The van der Waals surface area contributed by atoms with Gasteiger partial charge in [0.2, 0.25) is 5.95 Å². The first kappa shape index (κ1) is 21.9. The molecular weight excluding hydrogens is 439 g/mol. The first-order valence-corrected chi connectivity index (χ1v) is 10.9. The van der Waals surface area contributed by atoms with Crippen LogP contribution in [0.2, 0.25) is 0 Å². The van der Waals surface area contributed by atoms with Crippen LogP contribution in [0.25, 0.3) is 33.3 Å². The third kappa shape index (κ3) is 3.95. The van der Waals surface area contributed by atoms with E-state index in [9.17, 15) is 13.2 Å². The normalized spacial score (nSPS) is 14.4. The number of rotatable bonds is 3. The molecule has 1 aliphatic heterocycles. The molecule has 1 fully saturated rings. The summed E-state index contributed by atoms with van der Waals surface area (Å²) in [6.07, 6.45) is 1.61.